The Morgan fingerprint density at radius 1 is 1.14 bits per heavy atom. The molecule has 2 N–H and O–H groups in total. The number of hydrogen-bond acceptors (Lipinski definition) is 7. The van der Waals surface area contributed by atoms with E-state index in [2.05, 4.69) is 4.90 Å². The lowest BCUT2D eigenvalue weighted by atomic mass is 9.70. The second-order valence-corrected chi connectivity index (χ2v) is 12.9. The Balaban J connectivity index is 1.64. The number of carbonyl (C=O) groups is 2. The van der Waals surface area contributed by atoms with Gasteiger partial charge >= 0.3 is 5.97 Å². The number of fused-ring (bicyclic) bond motifs is 3. The molecule has 2 aromatic carbocycles. The van der Waals surface area contributed by atoms with Crippen molar-refractivity contribution in [1.29, 1.82) is 0 Å². The summed E-state index contributed by atoms with van der Waals surface area (Å²) in [5.41, 5.74) is 1.07. The third kappa shape index (κ3) is 6.49. The summed E-state index contributed by atoms with van der Waals surface area (Å²) in [4.78, 5) is 31.0. The summed E-state index contributed by atoms with van der Waals surface area (Å²) in [6, 6.07) is 11.2. The summed E-state index contributed by atoms with van der Waals surface area (Å²) in [7, 11) is 2.91. The highest BCUT2D eigenvalue weighted by Crippen LogP contribution is 2.43. The van der Waals surface area contributed by atoms with Crippen LogP contribution in [0.2, 0.25) is 5.02 Å². The Morgan fingerprint density at radius 3 is 2.68 bits per heavy atom. The molecular weight excluding hydrogens is 580 g/mol. The fourth-order valence-electron chi connectivity index (χ4n) is 7.02. The molecule has 0 unspecified atom stereocenters. The van der Waals surface area contributed by atoms with E-state index in [9.17, 15) is 19.8 Å². The maximum atomic E-state index is 13.8. The quantitative estimate of drug-likeness (QED) is 0.348. The zero-order chi connectivity index (χ0) is 31.4. The van der Waals surface area contributed by atoms with Crippen LogP contribution >= 0.6 is 11.6 Å². The van der Waals surface area contributed by atoms with Crippen LogP contribution in [-0.2, 0) is 33.0 Å². The van der Waals surface area contributed by atoms with E-state index in [4.69, 9.17) is 21.1 Å². The van der Waals surface area contributed by atoms with Gasteiger partial charge in [0, 0.05) is 31.7 Å². The van der Waals surface area contributed by atoms with E-state index in [1.54, 1.807) is 37.1 Å². The van der Waals surface area contributed by atoms with Gasteiger partial charge in [-0.3, -0.25) is 4.79 Å². The average molecular weight is 625 g/mol. The number of rotatable bonds is 2. The highest BCUT2D eigenvalue weighted by Gasteiger charge is 2.50. The summed E-state index contributed by atoms with van der Waals surface area (Å²) in [5.74, 6) is -1.26. The number of carbonyl (C=O) groups excluding carboxylic acids is 2. The van der Waals surface area contributed by atoms with Crippen LogP contribution in [0.3, 0.4) is 0 Å². The largest absolute Gasteiger partial charge is 0.487 e. The summed E-state index contributed by atoms with van der Waals surface area (Å²) in [5, 5.41) is 24.0. The lowest BCUT2D eigenvalue weighted by Gasteiger charge is -2.43. The smallest absolute Gasteiger partial charge is 0.343 e. The number of halogens is 1. The highest BCUT2D eigenvalue weighted by molar-refractivity contribution is 6.30. The van der Waals surface area contributed by atoms with Crippen molar-refractivity contribution in [2.45, 2.75) is 70.2 Å². The van der Waals surface area contributed by atoms with E-state index in [-0.39, 0.29) is 24.2 Å². The molecule has 9 heteroatoms. The Labute approximate surface area is 265 Å². The maximum absolute atomic E-state index is 13.8. The molecule has 5 rings (SSSR count). The zero-order valence-electron chi connectivity index (χ0n) is 26.0. The Morgan fingerprint density at radius 2 is 1.95 bits per heavy atom. The maximum Gasteiger partial charge on any atom is 0.343 e. The normalized spacial score (nSPS) is 28.8. The molecule has 2 aliphatic heterocycles. The highest BCUT2D eigenvalue weighted by atomic mass is 35.5. The third-order valence-corrected chi connectivity index (χ3v) is 10.1. The van der Waals surface area contributed by atoms with Crippen LogP contribution in [0.1, 0.15) is 62.1 Å². The lowest BCUT2D eigenvalue weighted by molar-refractivity contribution is -0.176. The number of ether oxygens (including phenoxy) is 2. The molecule has 1 fully saturated rings. The number of methoxy groups -OCH3 is 1. The molecule has 1 aliphatic carbocycles. The summed E-state index contributed by atoms with van der Waals surface area (Å²) in [6.45, 7) is 3.94. The molecule has 0 radical (unpaired) electrons. The minimum atomic E-state index is -2.20. The van der Waals surface area contributed by atoms with Gasteiger partial charge in [0.25, 0.3) is 0 Å². The van der Waals surface area contributed by atoms with Crippen molar-refractivity contribution in [2.75, 3.05) is 38.7 Å². The molecule has 1 amide bonds. The van der Waals surface area contributed by atoms with Crippen molar-refractivity contribution >= 4 is 29.2 Å². The van der Waals surface area contributed by atoms with E-state index in [0.29, 0.717) is 42.5 Å². The van der Waals surface area contributed by atoms with E-state index in [0.717, 1.165) is 55.5 Å². The van der Waals surface area contributed by atoms with Gasteiger partial charge in [-0.25, -0.2) is 4.79 Å². The van der Waals surface area contributed by atoms with Crippen LogP contribution in [-0.4, -0.2) is 66.9 Å². The number of nitrogens with zero attached hydrogens (tertiary/aromatic N) is 2. The van der Waals surface area contributed by atoms with Gasteiger partial charge in [0.2, 0.25) is 5.91 Å². The molecular formula is C35H45ClN2O6. The standard InChI is InChI=1S/C35H45ClN2O6/c1-4-29-33(40)37(2)17-7-6-10-31(39)28-15-12-24(28)21-38-18-8-5-9-23-19-27(36)14-11-25(23)22-44-32-16-13-26(20-30(32)38)35(29,42)34(41)43-3/h6,10-11,13-14,16,19-20,24,28-29,31,39,42H,4-5,7-9,12,15,17-18,21-22H2,1-3H3/b10-6+/t24-,28+,29+,31-,35-/m0/s1. The second-order valence-electron chi connectivity index (χ2n) is 12.5. The molecule has 0 spiro atoms. The molecule has 2 heterocycles. The first-order chi connectivity index (χ1) is 21.2. The topological polar surface area (TPSA) is 99.5 Å². The lowest BCUT2D eigenvalue weighted by Crippen LogP contribution is -2.51. The Bertz CT molecular complexity index is 1380. The molecule has 238 valence electrons. The Hall–Kier alpha value is -3.07. The van der Waals surface area contributed by atoms with Gasteiger partial charge in [0.15, 0.2) is 5.60 Å². The number of anilines is 1. The van der Waals surface area contributed by atoms with Gasteiger partial charge in [0.05, 0.1) is 24.8 Å². The second kappa shape index (κ2) is 13.9. The van der Waals surface area contributed by atoms with E-state index in [1.807, 2.05) is 30.4 Å². The van der Waals surface area contributed by atoms with Crippen LogP contribution in [0, 0.1) is 17.8 Å². The predicted octanol–water partition coefficient (Wildman–Crippen LogP) is 5.25. The monoisotopic (exact) mass is 624 g/mol. The van der Waals surface area contributed by atoms with Crippen molar-refractivity contribution in [2.24, 2.45) is 17.8 Å². The number of aliphatic hydroxyl groups excluding tert-OH is 1. The summed E-state index contributed by atoms with van der Waals surface area (Å²) >= 11 is 6.34. The number of aryl methyl sites for hydroxylation is 1. The average Bonchev–Trinajstić information content (AvgIpc) is 3.03. The molecule has 0 aromatic heterocycles. The fourth-order valence-corrected chi connectivity index (χ4v) is 7.21. The van der Waals surface area contributed by atoms with Crippen molar-refractivity contribution in [1.82, 2.24) is 4.90 Å². The van der Waals surface area contributed by atoms with Crippen LogP contribution in [0.15, 0.2) is 48.6 Å². The Kier molecular flexibility index (Phi) is 10.2. The van der Waals surface area contributed by atoms with E-state index in [1.165, 1.54) is 7.11 Å². The molecule has 3 aliphatic rings. The minimum Gasteiger partial charge on any atom is -0.487 e. The number of benzene rings is 2. The molecule has 1 saturated carbocycles. The van der Waals surface area contributed by atoms with Gasteiger partial charge in [-0.1, -0.05) is 42.8 Å². The van der Waals surface area contributed by atoms with Gasteiger partial charge in [-0.15, -0.1) is 0 Å². The van der Waals surface area contributed by atoms with Gasteiger partial charge in [-0.2, -0.15) is 0 Å². The summed E-state index contributed by atoms with van der Waals surface area (Å²) < 4.78 is 11.6. The number of hydrogen-bond donors (Lipinski definition) is 2. The van der Waals surface area contributed by atoms with Gasteiger partial charge in [0.1, 0.15) is 12.4 Å². The zero-order valence-corrected chi connectivity index (χ0v) is 26.8. The first-order valence-corrected chi connectivity index (χ1v) is 16.2. The van der Waals surface area contributed by atoms with E-state index < -0.39 is 23.6 Å². The van der Waals surface area contributed by atoms with Crippen LogP contribution in [0.5, 0.6) is 5.75 Å². The molecule has 2 bridgehead atoms. The van der Waals surface area contributed by atoms with Crippen LogP contribution in [0.25, 0.3) is 0 Å². The number of amides is 1. The summed E-state index contributed by atoms with van der Waals surface area (Å²) in [6.07, 6.45) is 8.68. The van der Waals surface area contributed by atoms with Gasteiger partial charge in [-0.05, 0) is 97.7 Å². The molecule has 44 heavy (non-hydrogen) atoms. The molecule has 5 atom stereocenters. The molecule has 8 nitrogen and oxygen atoms in total. The van der Waals surface area contributed by atoms with Crippen molar-refractivity contribution in [3.63, 3.8) is 0 Å². The van der Waals surface area contributed by atoms with E-state index >= 15 is 0 Å². The number of aliphatic hydroxyl groups is 2. The van der Waals surface area contributed by atoms with Crippen molar-refractivity contribution in [3.05, 3.63) is 70.3 Å². The first-order valence-electron chi connectivity index (χ1n) is 15.9. The van der Waals surface area contributed by atoms with Gasteiger partial charge < -0.3 is 29.5 Å². The first kappa shape index (κ1) is 32.3. The molecule has 0 saturated heterocycles. The van der Waals surface area contributed by atoms with Crippen molar-refractivity contribution in [3.8, 4) is 5.75 Å². The number of esters is 1. The predicted molar refractivity (Wildman–Crippen MR) is 171 cm³/mol. The SMILES string of the molecule is CC[C@@H]1C(=O)N(C)CC/C=C/[C@H](O)[C@@H]2CC[C@H]2CN2CCCCc3cc(Cl)ccc3COc3ccc(cc32)[C@@]1(O)C(=O)OC. The molecule has 2 aromatic rings. The fraction of sp³-hybridized carbons (Fsp3) is 0.543. The van der Waals surface area contributed by atoms with Crippen LogP contribution in [0.4, 0.5) is 5.69 Å². The van der Waals surface area contributed by atoms with Crippen molar-refractivity contribution < 1.29 is 29.3 Å². The minimum absolute atomic E-state index is 0.132. The third-order valence-electron chi connectivity index (χ3n) is 9.83. The van der Waals surface area contributed by atoms with Crippen LogP contribution < -0.4 is 9.64 Å².